The zero-order valence-corrected chi connectivity index (χ0v) is 31.9. The normalized spacial score (nSPS) is 13.4. The fourth-order valence-corrected chi connectivity index (χ4v) is 7.82. The Labute approximate surface area is 305 Å². The molecule has 0 aliphatic heterocycles. The Hall–Kier alpha value is -4.15. The number of hydrogen-bond acceptors (Lipinski definition) is 3. The molecule has 7 aromatic rings. The number of aromatic nitrogens is 2. The van der Waals surface area contributed by atoms with E-state index < -0.39 is 8.07 Å². The quantitative estimate of drug-likeness (QED) is 0.124. The van der Waals surface area contributed by atoms with Crippen LogP contribution in [-0.4, -0.2) is 18.0 Å². The van der Waals surface area contributed by atoms with Crippen LogP contribution in [0.5, 0.6) is 0 Å². The summed E-state index contributed by atoms with van der Waals surface area (Å²) < 4.78 is 6.25. The molecule has 1 aliphatic carbocycles. The SMILES string of the molecule is C[Si](C)(C)c1ccc(-c2[c-]cccc2)nc1.[Ir].[c-]1c(-c2cc(CC3CCCCC3)ccn2)cc(-c2ccccc2)c2c1oc1ccccc12. The Balaban J connectivity index is 0.000000208. The van der Waals surface area contributed by atoms with Crippen LogP contribution in [0.25, 0.3) is 55.6 Å². The molecule has 249 valence electrons. The standard InChI is InChI=1S/C30H26NO.C14H16NSi.Ir/c1-3-9-21(10-4-1)17-22-15-16-31-27(18-22)24-19-26(23-11-5-2-6-12-23)30-25-13-7-8-14-28(25)32-29(30)20-24;1-16(2,3)13-9-10-14(15-11-13)12-7-5-4-6-8-12;/h2,5-8,11-16,18-19,21H,1,3-4,9-10,17H2;4-7,9-11H,1-3H3;/q2*-1;. The van der Waals surface area contributed by atoms with Gasteiger partial charge in [0.2, 0.25) is 0 Å². The Bertz CT molecular complexity index is 2110. The number of para-hydroxylation sites is 1. The molecule has 0 bridgehead atoms. The van der Waals surface area contributed by atoms with Crippen molar-refractivity contribution in [3.63, 3.8) is 0 Å². The van der Waals surface area contributed by atoms with Gasteiger partial charge in [-0.25, -0.2) is 0 Å². The summed E-state index contributed by atoms with van der Waals surface area (Å²) in [5.41, 5.74) is 9.43. The van der Waals surface area contributed by atoms with Gasteiger partial charge in [-0.3, -0.25) is 0 Å². The molecule has 0 spiro atoms. The fourth-order valence-electron chi connectivity index (χ4n) is 6.78. The van der Waals surface area contributed by atoms with Crippen molar-refractivity contribution in [3.05, 3.63) is 139 Å². The Morgan fingerprint density at radius 3 is 2.27 bits per heavy atom. The first kappa shape index (κ1) is 34.7. The van der Waals surface area contributed by atoms with Gasteiger partial charge < -0.3 is 14.4 Å². The number of nitrogens with zero attached hydrogens (tertiary/aromatic N) is 2. The molecule has 0 saturated heterocycles. The van der Waals surface area contributed by atoms with Crippen LogP contribution in [0.2, 0.25) is 19.6 Å². The van der Waals surface area contributed by atoms with Crippen molar-refractivity contribution in [2.24, 2.45) is 5.92 Å². The molecule has 1 saturated carbocycles. The molecular formula is C44H42IrN2OSi-2. The third-order valence-electron chi connectivity index (χ3n) is 9.45. The van der Waals surface area contributed by atoms with Gasteiger partial charge in [0.05, 0.1) is 13.7 Å². The smallest absolute Gasteiger partial charge is 0.123 e. The van der Waals surface area contributed by atoms with Crippen molar-refractivity contribution in [2.45, 2.75) is 58.2 Å². The summed E-state index contributed by atoms with van der Waals surface area (Å²) in [6, 6.07) is 44.4. The summed E-state index contributed by atoms with van der Waals surface area (Å²) in [6.45, 7) is 7.00. The van der Waals surface area contributed by atoms with E-state index in [-0.39, 0.29) is 20.1 Å². The molecular weight excluding hydrogens is 793 g/mol. The molecule has 0 N–H and O–H groups in total. The summed E-state index contributed by atoms with van der Waals surface area (Å²) in [5.74, 6) is 0.806. The number of fused-ring (bicyclic) bond motifs is 3. The predicted molar refractivity (Wildman–Crippen MR) is 203 cm³/mol. The van der Waals surface area contributed by atoms with Gasteiger partial charge in [0, 0.05) is 32.5 Å². The average molecular weight is 835 g/mol. The molecule has 0 atom stereocenters. The second kappa shape index (κ2) is 15.6. The second-order valence-electron chi connectivity index (χ2n) is 14.0. The molecule has 8 rings (SSSR count). The van der Waals surface area contributed by atoms with Crippen molar-refractivity contribution < 1.29 is 24.5 Å². The zero-order valence-electron chi connectivity index (χ0n) is 28.5. The molecule has 0 amide bonds. The molecule has 3 nitrogen and oxygen atoms in total. The van der Waals surface area contributed by atoms with Crippen molar-refractivity contribution in [1.29, 1.82) is 0 Å². The van der Waals surface area contributed by atoms with Crippen LogP contribution in [0.15, 0.2) is 126 Å². The van der Waals surface area contributed by atoms with E-state index in [9.17, 15) is 0 Å². The van der Waals surface area contributed by atoms with E-state index >= 15 is 0 Å². The minimum Gasteiger partial charge on any atom is -0.477 e. The molecule has 1 radical (unpaired) electrons. The van der Waals surface area contributed by atoms with Gasteiger partial charge in [-0.05, 0) is 57.4 Å². The Morgan fingerprint density at radius 1 is 0.755 bits per heavy atom. The number of pyridine rings is 2. The first-order valence-electron chi connectivity index (χ1n) is 17.2. The van der Waals surface area contributed by atoms with E-state index in [0.717, 1.165) is 56.8 Å². The number of rotatable bonds is 6. The Kier molecular flexibility index (Phi) is 11.0. The number of furan rings is 1. The molecule has 1 fully saturated rings. The maximum absolute atomic E-state index is 6.25. The summed E-state index contributed by atoms with van der Waals surface area (Å²) in [5, 5.41) is 3.64. The first-order chi connectivity index (χ1) is 23.4. The second-order valence-corrected chi connectivity index (χ2v) is 19.1. The minimum absolute atomic E-state index is 0. The fraction of sp³-hybridized carbons (Fsp3) is 0.227. The first-order valence-corrected chi connectivity index (χ1v) is 20.7. The van der Waals surface area contributed by atoms with Crippen LogP contribution in [0.4, 0.5) is 0 Å². The largest absolute Gasteiger partial charge is 0.477 e. The average Bonchev–Trinajstić information content (AvgIpc) is 3.51. The summed E-state index contributed by atoms with van der Waals surface area (Å²) in [7, 11) is -1.23. The zero-order chi connectivity index (χ0) is 32.9. The minimum atomic E-state index is -1.23. The van der Waals surface area contributed by atoms with Gasteiger partial charge in [0.1, 0.15) is 5.58 Å². The van der Waals surface area contributed by atoms with Gasteiger partial charge >= 0.3 is 0 Å². The molecule has 49 heavy (non-hydrogen) atoms. The summed E-state index contributed by atoms with van der Waals surface area (Å²) >= 11 is 0. The summed E-state index contributed by atoms with van der Waals surface area (Å²) in [6.07, 6.45) is 12.0. The van der Waals surface area contributed by atoms with Crippen LogP contribution in [0.1, 0.15) is 37.7 Å². The van der Waals surface area contributed by atoms with E-state index in [1.54, 1.807) is 0 Å². The monoisotopic (exact) mass is 835 g/mol. The maximum Gasteiger partial charge on any atom is 0.123 e. The maximum atomic E-state index is 6.25. The van der Waals surface area contributed by atoms with E-state index in [1.807, 2.05) is 48.8 Å². The Morgan fingerprint density at radius 2 is 1.53 bits per heavy atom. The van der Waals surface area contributed by atoms with Crippen LogP contribution in [0.3, 0.4) is 0 Å². The predicted octanol–water partition coefficient (Wildman–Crippen LogP) is 11.3. The number of hydrogen-bond donors (Lipinski definition) is 0. The van der Waals surface area contributed by atoms with E-state index in [1.165, 1.54) is 54.0 Å². The topological polar surface area (TPSA) is 38.9 Å². The van der Waals surface area contributed by atoms with Gasteiger partial charge in [-0.15, -0.1) is 47.5 Å². The molecule has 1 aliphatic rings. The van der Waals surface area contributed by atoms with E-state index in [4.69, 9.17) is 9.40 Å². The van der Waals surface area contributed by atoms with Crippen LogP contribution in [0, 0.1) is 18.1 Å². The van der Waals surface area contributed by atoms with Crippen LogP contribution < -0.4 is 5.19 Å². The molecule has 4 aromatic carbocycles. The van der Waals surface area contributed by atoms with Crippen LogP contribution in [-0.2, 0) is 26.5 Å². The van der Waals surface area contributed by atoms with E-state index in [2.05, 4.69) is 110 Å². The molecule has 3 aromatic heterocycles. The van der Waals surface area contributed by atoms with Crippen molar-refractivity contribution >= 4 is 35.2 Å². The van der Waals surface area contributed by atoms with Gasteiger partial charge in [-0.1, -0.05) is 136 Å². The molecule has 5 heteroatoms. The van der Waals surface area contributed by atoms with Gasteiger partial charge in [0.15, 0.2) is 0 Å². The third kappa shape index (κ3) is 8.19. The van der Waals surface area contributed by atoms with Gasteiger partial charge in [-0.2, -0.15) is 0 Å². The van der Waals surface area contributed by atoms with Crippen LogP contribution >= 0.6 is 0 Å². The molecule has 3 heterocycles. The van der Waals surface area contributed by atoms with Crippen molar-refractivity contribution in [1.82, 2.24) is 9.97 Å². The third-order valence-corrected chi connectivity index (χ3v) is 11.5. The van der Waals surface area contributed by atoms with Gasteiger partial charge in [0.25, 0.3) is 0 Å². The van der Waals surface area contributed by atoms with Crippen molar-refractivity contribution in [2.75, 3.05) is 0 Å². The summed E-state index contributed by atoms with van der Waals surface area (Å²) in [4.78, 5) is 9.24. The van der Waals surface area contributed by atoms with E-state index in [0.29, 0.717) is 0 Å². The number of benzene rings is 4. The van der Waals surface area contributed by atoms with Crippen molar-refractivity contribution in [3.8, 4) is 33.6 Å². The molecule has 0 unspecified atom stereocenters.